The molecule has 21 heavy (non-hydrogen) atoms. The molecule has 1 saturated carbocycles. The molecule has 2 fully saturated rings. The molecule has 0 aromatic heterocycles. The van der Waals surface area contributed by atoms with Crippen LogP contribution in [0.1, 0.15) is 58.3 Å². The first-order valence-corrected chi connectivity index (χ1v) is 8.44. The Morgan fingerprint density at radius 3 is 2.33 bits per heavy atom. The minimum Gasteiger partial charge on any atom is -0.378 e. The fraction of sp³-hybridized carbons (Fsp3) is 0.778. The minimum absolute atomic E-state index is 0.101. The molecule has 0 bridgehead atoms. The SMILES string of the molecule is C/C=C/CCC1CCC(C2CCC(C=C(F)F)CC2)CO1. The highest BCUT2D eigenvalue weighted by atomic mass is 19.3. The molecular formula is C18H28F2O. The first-order valence-electron chi connectivity index (χ1n) is 8.44. The third-order valence-electron chi connectivity index (χ3n) is 5.14. The van der Waals surface area contributed by atoms with Crippen LogP contribution in [0.3, 0.4) is 0 Å². The van der Waals surface area contributed by atoms with Crippen molar-refractivity contribution >= 4 is 0 Å². The van der Waals surface area contributed by atoms with Crippen molar-refractivity contribution in [2.75, 3.05) is 6.61 Å². The van der Waals surface area contributed by atoms with Gasteiger partial charge in [0.1, 0.15) is 0 Å². The second-order valence-electron chi connectivity index (χ2n) is 6.57. The molecule has 1 saturated heterocycles. The molecule has 0 N–H and O–H groups in total. The van der Waals surface area contributed by atoms with E-state index in [4.69, 9.17) is 4.74 Å². The van der Waals surface area contributed by atoms with Crippen molar-refractivity contribution < 1.29 is 13.5 Å². The summed E-state index contributed by atoms with van der Waals surface area (Å²) in [5.74, 6) is 1.45. The van der Waals surface area contributed by atoms with E-state index in [2.05, 4.69) is 19.1 Å². The maximum absolute atomic E-state index is 12.3. The van der Waals surface area contributed by atoms with Crippen molar-refractivity contribution in [2.45, 2.75) is 64.4 Å². The highest BCUT2D eigenvalue weighted by molar-refractivity contribution is 4.92. The number of halogens is 2. The van der Waals surface area contributed by atoms with E-state index in [9.17, 15) is 8.78 Å². The van der Waals surface area contributed by atoms with Crippen molar-refractivity contribution in [3.05, 3.63) is 24.3 Å². The zero-order valence-electron chi connectivity index (χ0n) is 13.1. The van der Waals surface area contributed by atoms with Gasteiger partial charge in [-0.2, -0.15) is 8.78 Å². The van der Waals surface area contributed by atoms with Crippen LogP contribution >= 0.6 is 0 Å². The summed E-state index contributed by atoms with van der Waals surface area (Å²) in [5.41, 5.74) is 0. The molecule has 2 aliphatic rings. The fourth-order valence-electron chi connectivity index (χ4n) is 3.84. The van der Waals surface area contributed by atoms with Crippen molar-refractivity contribution in [3.63, 3.8) is 0 Å². The van der Waals surface area contributed by atoms with Crippen LogP contribution in [0.2, 0.25) is 0 Å². The van der Waals surface area contributed by atoms with Crippen molar-refractivity contribution in [3.8, 4) is 0 Å². The van der Waals surface area contributed by atoms with Gasteiger partial charge in [-0.3, -0.25) is 0 Å². The van der Waals surface area contributed by atoms with Gasteiger partial charge in [-0.25, -0.2) is 0 Å². The van der Waals surface area contributed by atoms with Crippen molar-refractivity contribution in [2.24, 2.45) is 17.8 Å². The number of ether oxygens (including phenoxy) is 1. The summed E-state index contributed by atoms with van der Waals surface area (Å²) in [5, 5.41) is 0. The number of hydrogen-bond donors (Lipinski definition) is 0. The molecule has 0 aromatic rings. The zero-order chi connectivity index (χ0) is 15.1. The van der Waals surface area contributed by atoms with Gasteiger partial charge in [0.25, 0.3) is 6.08 Å². The van der Waals surface area contributed by atoms with Gasteiger partial charge in [-0.05, 0) is 82.1 Å². The predicted octanol–water partition coefficient (Wildman–Crippen LogP) is 5.72. The first-order chi connectivity index (χ1) is 10.2. The lowest BCUT2D eigenvalue weighted by molar-refractivity contribution is -0.0406. The highest BCUT2D eigenvalue weighted by Crippen LogP contribution is 2.38. The van der Waals surface area contributed by atoms with Crippen LogP contribution in [0.15, 0.2) is 24.3 Å². The molecule has 0 aromatic carbocycles. The molecule has 1 heterocycles. The van der Waals surface area contributed by atoms with Gasteiger partial charge in [-0.15, -0.1) is 0 Å². The van der Waals surface area contributed by atoms with Crippen molar-refractivity contribution in [1.82, 2.24) is 0 Å². The van der Waals surface area contributed by atoms with E-state index >= 15 is 0 Å². The quantitative estimate of drug-likeness (QED) is 0.589. The van der Waals surface area contributed by atoms with Crippen LogP contribution < -0.4 is 0 Å². The average molecular weight is 298 g/mol. The molecule has 1 nitrogen and oxygen atoms in total. The van der Waals surface area contributed by atoms with Gasteiger partial charge >= 0.3 is 0 Å². The second kappa shape index (κ2) is 8.67. The Morgan fingerprint density at radius 1 is 1.05 bits per heavy atom. The lowest BCUT2D eigenvalue weighted by Crippen LogP contribution is -2.32. The second-order valence-corrected chi connectivity index (χ2v) is 6.57. The van der Waals surface area contributed by atoms with Gasteiger partial charge < -0.3 is 4.74 Å². The van der Waals surface area contributed by atoms with Gasteiger partial charge in [0.05, 0.1) is 12.7 Å². The predicted molar refractivity (Wildman–Crippen MR) is 82.3 cm³/mol. The van der Waals surface area contributed by atoms with E-state index in [1.807, 2.05) is 0 Å². The van der Waals surface area contributed by atoms with E-state index in [-0.39, 0.29) is 5.92 Å². The molecule has 120 valence electrons. The molecule has 1 aliphatic heterocycles. The summed E-state index contributed by atoms with van der Waals surface area (Å²) in [6.45, 7) is 2.93. The third kappa shape index (κ3) is 5.54. The normalized spacial score (nSPS) is 34.0. The van der Waals surface area contributed by atoms with Gasteiger partial charge in [0.2, 0.25) is 0 Å². The molecule has 0 spiro atoms. The molecular weight excluding hydrogens is 270 g/mol. The monoisotopic (exact) mass is 298 g/mol. The molecule has 1 aliphatic carbocycles. The summed E-state index contributed by atoms with van der Waals surface area (Å²) in [7, 11) is 0. The molecule has 2 atom stereocenters. The molecule has 0 amide bonds. The minimum atomic E-state index is -1.51. The Balaban J connectivity index is 1.68. The van der Waals surface area contributed by atoms with Crippen LogP contribution in [0.4, 0.5) is 8.78 Å². The standard InChI is InChI=1S/C18H28F2O/c1-2-3-4-5-17-11-10-16(13-21-17)15-8-6-14(7-9-15)12-18(19)20/h2-3,12,14-17H,4-11,13H2,1H3/b3-2+. The van der Waals surface area contributed by atoms with Gasteiger partial charge in [0, 0.05) is 0 Å². The lowest BCUT2D eigenvalue weighted by Gasteiger charge is -2.37. The van der Waals surface area contributed by atoms with E-state index in [1.165, 1.54) is 12.8 Å². The number of hydrogen-bond acceptors (Lipinski definition) is 1. The van der Waals surface area contributed by atoms with E-state index in [0.29, 0.717) is 17.9 Å². The molecule has 3 heteroatoms. The average Bonchev–Trinajstić information content (AvgIpc) is 2.49. The Hall–Kier alpha value is -0.700. The molecule has 0 radical (unpaired) electrons. The summed E-state index contributed by atoms with van der Waals surface area (Å²) < 4.78 is 30.6. The van der Waals surface area contributed by atoms with Crippen LogP contribution in [0, 0.1) is 17.8 Å². The number of rotatable bonds is 5. The smallest absolute Gasteiger partial charge is 0.266 e. The number of allylic oxidation sites excluding steroid dienone is 3. The molecule has 2 unspecified atom stereocenters. The Kier molecular flexibility index (Phi) is 6.88. The summed E-state index contributed by atoms with van der Waals surface area (Å²) in [6.07, 6.45) is 13.1. The highest BCUT2D eigenvalue weighted by Gasteiger charge is 2.30. The summed E-state index contributed by atoms with van der Waals surface area (Å²) >= 11 is 0. The van der Waals surface area contributed by atoms with Gasteiger partial charge in [-0.1, -0.05) is 12.2 Å². The topological polar surface area (TPSA) is 9.23 Å². The maximum atomic E-state index is 12.3. The lowest BCUT2D eigenvalue weighted by atomic mass is 9.74. The van der Waals surface area contributed by atoms with E-state index in [0.717, 1.165) is 51.2 Å². The van der Waals surface area contributed by atoms with Gasteiger partial charge in [0.15, 0.2) is 0 Å². The Labute approximate surface area is 127 Å². The molecule has 2 rings (SSSR count). The fourth-order valence-corrected chi connectivity index (χ4v) is 3.84. The van der Waals surface area contributed by atoms with Crippen LogP contribution in [0.5, 0.6) is 0 Å². The Bertz CT molecular complexity index is 344. The summed E-state index contributed by atoms with van der Waals surface area (Å²) in [6, 6.07) is 0. The largest absolute Gasteiger partial charge is 0.378 e. The zero-order valence-corrected chi connectivity index (χ0v) is 13.1. The van der Waals surface area contributed by atoms with Crippen molar-refractivity contribution in [1.29, 1.82) is 0 Å². The first kappa shape index (κ1) is 16.7. The van der Waals surface area contributed by atoms with Crippen LogP contribution in [-0.4, -0.2) is 12.7 Å². The van der Waals surface area contributed by atoms with E-state index in [1.54, 1.807) is 0 Å². The third-order valence-corrected chi connectivity index (χ3v) is 5.14. The Morgan fingerprint density at radius 2 is 1.76 bits per heavy atom. The van der Waals surface area contributed by atoms with Crippen LogP contribution in [-0.2, 0) is 4.74 Å². The van der Waals surface area contributed by atoms with Crippen LogP contribution in [0.25, 0.3) is 0 Å². The van der Waals surface area contributed by atoms with E-state index < -0.39 is 6.08 Å². The maximum Gasteiger partial charge on any atom is 0.266 e. The summed E-state index contributed by atoms with van der Waals surface area (Å²) in [4.78, 5) is 0.